The first-order valence-electron chi connectivity index (χ1n) is 8.27. The highest BCUT2D eigenvalue weighted by Gasteiger charge is 2.44. The van der Waals surface area contributed by atoms with Gasteiger partial charge < -0.3 is 10.0 Å². The van der Waals surface area contributed by atoms with E-state index in [1.807, 2.05) is 0 Å². The summed E-state index contributed by atoms with van der Waals surface area (Å²) in [6.07, 6.45) is 11.2. The second-order valence-electron chi connectivity index (χ2n) is 6.63. The minimum Gasteiger partial charge on any atom is -0.508 e. The van der Waals surface area contributed by atoms with E-state index in [1.165, 1.54) is 43.5 Å². The Morgan fingerprint density at radius 2 is 2.00 bits per heavy atom. The average molecular weight is 281 g/mol. The fraction of sp³-hybridized carbons (Fsp3) is 0.474. The Morgan fingerprint density at radius 3 is 2.76 bits per heavy atom. The third-order valence-electron chi connectivity index (χ3n) is 5.51. The molecule has 3 atom stereocenters. The number of phenols is 1. The van der Waals surface area contributed by atoms with Crippen LogP contribution in [0.4, 0.5) is 5.69 Å². The maximum absolute atomic E-state index is 9.54. The highest BCUT2D eigenvalue weighted by molar-refractivity contribution is 5.63. The molecule has 3 unspecified atom stereocenters. The molecule has 1 N–H and O–H groups in total. The summed E-state index contributed by atoms with van der Waals surface area (Å²) in [6, 6.07) is 8.36. The van der Waals surface area contributed by atoms with Gasteiger partial charge in [-0.25, -0.2) is 0 Å². The van der Waals surface area contributed by atoms with E-state index >= 15 is 0 Å². The van der Waals surface area contributed by atoms with Crippen LogP contribution in [0.1, 0.15) is 39.0 Å². The van der Waals surface area contributed by atoms with E-state index in [-0.39, 0.29) is 0 Å². The number of benzene rings is 1. The van der Waals surface area contributed by atoms with Gasteiger partial charge in [0.25, 0.3) is 0 Å². The van der Waals surface area contributed by atoms with Gasteiger partial charge in [0, 0.05) is 23.3 Å². The van der Waals surface area contributed by atoms with Crippen molar-refractivity contribution in [3.63, 3.8) is 0 Å². The van der Waals surface area contributed by atoms with Gasteiger partial charge in [0.2, 0.25) is 0 Å². The lowest BCUT2D eigenvalue weighted by molar-refractivity contribution is 0.475. The van der Waals surface area contributed by atoms with Crippen molar-refractivity contribution in [3.05, 3.63) is 47.7 Å². The first kappa shape index (κ1) is 13.0. The van der Waals surface area contributed by atoms with Crippen molar-refractivity contribution in [2.45, 2.75) is 45.1 Å². The largest absolute Gasteiger partial charge is 0.508 e. The van der Waals surface area contributed by atoms with Crippen molar-refractivity contribution in [1.82, 2.24) is 0 Å². The molecule has 1 aliphatic heterocycles. The number of aromatic hydroxyl groups is 1. The Balaban J connectivity index is 1.74. The molecule has 0 bridgehead atoms. The van der Waals surface area contributed by atoms with Crippen LogP contribution < -0.4 is 4.90 Å². The third kappa shape index (κ3) is 2.00. The summed E-state index contributed by atoms with van der Waals surface area (Å²) in [6.45, 7) is 2.29. The first-order chi connectivity index (χ1) is 10.3. The van der Waals surface area contributed by atoms with Crippen molar-refractivity contribution >= 4 is 5.69 Å². The normalized spacial score (nSPS) is 30.7. The molecule has 1 aromatic rings. The minimum absolute atomic E-state index is 0.348. The molecular formula is C19H23NO. The van der Waals surface area contributed by atoms with Crippen LogP contribution in [0.25, 0.3) is 0 Å². The molecule has 0 aromatic heterocycles. The van der Waals surface area contributed by atoms with Crippen LogP contribution in [0.15, 0.2) is 47.7 Å². The lowest BCUT2D eigenvalue weighted by atomic mass is 9.84. The van der Waals surface area contributed by atoms with Crippen LogP contribution in [-0.2, 0) is 0 Å². The molecule has 3 aliphatic rings. The van der Waals surface area contributed by atoms with Gasteiger partial charge in [-0.1, -0.05) is 19.4 Å². The third-order valence-corrected chi connectivity index (χ3v) is 5.51. The van der Waals surface area contributed by atoms with Crippen LogP contribution in [0.2, 0.25) is 0 Å². The Morgan fingerprint density at radius 1 is 1.19 bits per heavy atom. The van der Waals surface area contributed by atoms with E-state index < -0.39 is 0 Å². The zero-order chi connectivity index (χ0) is 14.4. The maximum atomic E-state index is 9.54. The molecule has 0 amide bonds. The van der Waals surface area contributed by atoms with Crippen LogP contribution in [0.3, 0.4) is 0 Å². The molecule has 110 valence electrons. The van der Waals surface area contributed by atoms with Crippen molar-refractivity contribution in [2.24, 2.45) is 11.8 Å². The van der Waals surface area contributed by atoms with E-state index in [2.05, 4.69) is 36.1 Å². The van der Waals surface area contributed by atoms with E-state index in [1.54, 1.807) is 17.7 Å². The summed E-state index contributed by atoms with van der Waals surface area (Å²) in [5, 5.41) is 9.54. The van der Waals surface area contributed by atoms with Crippen molar-refractivity contribution in [1.29, 1.82) is 0 Å². The average Bonchev–Trinajstić information content (AvgIpc) is 3.08. The quantitative estimate of drug-likeness (QED) is 0.855. The van der Waals surface area contributed by atoms with E-state index in [9.17, 15) is 5.11 Å². The van der Waals surface area contributed by atoms with Gasteiger partial charge in [-0.05, 0) is 67.5 Å². The number of hydrogen-bond acceptors (Lipinski definition) is 2. The molecule has 2 aliphatic carbocycles. The van der Waals surface area contributed by atoms with Crippen molar-refractivity contribution in [3.8, 4) is 5.75 Å². The molecular weight excluding hydrogens is 258 g/mol. The summed E-state index contributed by atoms with van der Waals surface area (Å²) in [4.78, 5) is 2.54. The SMILES string of the molecule is CCC1C=CC2=C(C1)C1CCCC1N2c1ccc(O)cc1. The highest BCUT2D eigenvalue weighted by atomic mass is 16.3. The lowest BCUT2D eigenvalue weighted by Gasteiger charge is -2.29. The smallest absolute Gasteiger partial charge is 0.115 e. The van der Waals surface area contributed by atoms with Gasteiger partial charge in [-0.2, -0.15) is 0 Å². The summed E-state index contributed by atoms with van der Waals surface area (Å²) in [7, 11) is 0. The zero-order valence-electron chi connectivity index (χ0n) is 12.6. The van der Waals surface area contributed by atoms with Gasteiger partial charge >= 0.3 is 0 Å². The second kappa shape index (κ2) is 4.94. The maximum Gasteiger partial charge on any atom is 0.115 e. The van der Waals surface area contributed by atoms with Crippen LogP contribution in [0.5, 0.6) is 5.75 Å². The van der Waals surface area contributed by atoms with E-state index in [4.69, 9.17) is 0 Å². The van der Waals surface area contributed by atoms with Crippen molar-refractivity contribution in [2.75, 3.05) is 4.90 Å². The molecule has 0 saturated heterocycles. The summed E-state index contributed by atoms with van der Waals surface area (Å²) >= 11 is 0. The van der Waals surface area contributed by atoms with Gasteiger partial charge in [0.15, 0.2) is 0 Å². The molecule has 1 aromatic carbocycles. The Hall–Kier alpha value is -1.70. The topological polar surface area (TPSA) is 23.5 Å². The molecule has 2 nitrogen and oxygen atoms in total. The minimum atomic E-state index is 0.348. The molecule has 0 radical (unpaired) electrons. The number of hydrogen-bond donors (Lipinski definition) is 1. The van der Waals surface area contributed by atoms with Crippen molar-refractivity contribution < 1.29 is 5.11 Å². The summed E-state index contributed by atoms with van der Waals surface area (Å²) in [5.74, 6) is 1.83. The monoisotopic (exact) mass is 281 g/mol. The second-order valence-corrected chi connectivity index (χ2v) is 6.63. The summed E-state index contributed by atoms with van der Waals surface area (Å²) in [5.41, 5.74) is 4.37. The fourth-order valence-electron chi connectivity index (χ4n) is 4.42. The molecule has 1 saturated carbocycles. The fourth-order valence-corrected chi connectivity index (χ4v) is 4.42. The van der Waals surface area contributed by atoms with Gasteiger partial charge in [-0.3, -0.25) is 0 Å². The highest BCUT2D eigenvalue weighted by Crippen LogP contribution is 2.50. The number of fused-ring (bicyclic) bond motifs is 2. The lowest BCUT2D eigenvalue weighted by Crippen LogP contribution is -2.30. The predicted octanol–water partition coefficient (Wildman–Crippen LogP) is 4.62. The molecule has 0 spiro atoms. The number of allylic oxidation sites excluding steroid dienone is 2. The van der Waals surface area contributed by atoms with Crippen LogP contribution in [-0.4, -0.2) is 11.1 Å². The van der Waals surface area contributed by atoms with Gasteiger partial charge in [0.1, 0.15) is 5.75 Å². The molecule has 1 fully saturated rings. The number of rotatable bonds is 2. The standard InChI is InChI=1S/C19H23NO/c1-2-13-6-11-19-17(12-13)16-4-3-5-18(16)20(19)14-7-9-15(21)10-8-14/h6-11,13,16,18,21H,2-5,12H2,1H3. The molecule has 4 rings (SSSR count). The Bertz CT molecular complexity index is 598. The Labute approximate surface area is 126 Å². The van der Waals surface area contributed by atoms with Gasteiger partial charge in [0.05, 0.1) is 0 Å². The van der Waals surface area contributed by atoms with Crippen LogP contribution >= 0.6 is 0 Å². The summed E-state index contributed by atoms with van der Waals surface area (Å²) < 4.78 is 0. The molecule has 1 heterocycles. The van der Waals surface area contributed by atoms with E-state index in [0.717, 1.165) is 11.8 Å². The number of anilines is 1. The van der Waals surface area contributed by atoms with Gasteiger partial charge in [-0.15, -0.1) is 0 Å². The number of phenolic OH excluding ortho intramolecular Hbond substituents is 1. The molecule has 2 heteroatoms. The first-order valence-corrected chi connectivity index (χ1v) is 8.27. The predicted molar refractivity (Wildman–Crippen MR) is 86.3 cm³/mol. The van der Waals surface area contributed by atoms with Crippen LogP contribution in [0, 0.1) is 11.8 Å². The number of nitrogens with zero attached hydrogens (tertiary/aromatic N) is 1. The van der Waals surface area contributed by atoms with E-state index in [0.29, 0.717) is 11.8 Å². The Kier molecular flexibility index (Phi) is 3.06. The zero-order valence-corrected chi connectivity index (χ0v) is 12.6. The molecule has 21 heavy (non-hydrogen) atoms.